The van der Waals surface area contributed by atoms with Crippen molar-refractivity contribution in [2.24, 2.45) is 0 Å². The fraction of sp³-hybridized carbons (Fsp3) is 0. The van der Waals surface area contributed by atoms with Crippen LogP contribution < -0.4 is 0 Å². The van der Waals surface area contributed by atoms with E-state index in [1.807, 2.05) is 12.1 Å². The Morgan fingerprint density at radius 3 is 3.07 bits per heavy atom. The van der Waals surface area contributed by atoms with Gasteiger partial charge in [-0.15, -0.1) is 0 Å². The summed E-state index contributed by atoms with van der Waals surface area (Å²) in [6, 6.07) is 3.85. The van der Waals surface area contributed by atoms with Gasteiger partial charge in [0.05, 0.1) is 17.4 Å². The predicted octanol–water partition coefficient (Wildman–Crippen LogP) is 2.27. The molecular weight excluding hydrogens is 307 g/mol. The molecular formula is C10H7IN2O2. The van der Waals surface area contributed by atoms with Gasteiger partial charge in [0.1, 0.15) is 0 Å². The Bertz CT molecular complexity index is 545. The van der Waals surface area contributed by atoms with E-state index in [9.17, 15) is 4.79 Å². The minimum atomic E-state index is -0.961. The maximum Gasteiger partial charge on any atom is 0.328 e. The first-order valence-corrected chi connectivity index (χ1v) is 5.28. The predicted molar refractivity (Wildman–Crippen MR) is 65.5 cm³/mol. The Kier molecular flexibility index (Phi) is 2.72. The highest BCUT2D eigenvalue weighted by Gasteiger charge is 2.03. The summed E-state index contributed by atoms with van der Waals surface area (Å²) in [6.45, 7) is 0. The number of halogens is 1. The maximum atomic E-state index is 10.4. The van der Waals surface area contributed by atoms with Gasteiger partial charge in [0.25, 0.3) is 0 Å². The number of carboxylic acids is 1. The number of H-pyrrole nitrogens is 1. The lowest BCUT2D eigenvalue weighted by atomic mass is 10.1. The molecule has 76 valence electrons. The first-order valence-electron chi connectivity index (χ1n) is 4.20. The Balaban J connectivity index is 2.58. The summed E-state index contributed by atoms with van der Waals surface area (Å²) in [5, 5.41) is 8.55. The van der Waals surface area contributed by atoms with Crippen molar-refractivity contribution in [1.82, 2.24) is 9.97 Å². The number of nitrogens with one attached hydrogen (secondary N) is 1. The Labute approximate surface area is 99.2 Å². The number of carboxylic acid groups (broad SMARTS) is 1. The summed E-state index contributed by atoms with van der Waals surface area (Å²) in [5.74, 6) is -0.961. The van der Waals surface area contributed by atoms with Crippen molar-refractivity contribution in [3.8, 4) is 0 Å². The molecule has 2 N–H and O–H groups in total. The van der Waals surface area contributed by atoms with Crippen molar-refractivity contribution in [2.75, 3.05) is 0 Å². The van der Waals surface area contributed by atoms with E-state index in [1.54, 1.807) is 12.4 Å². The van der Waals surface area contributed by atoms with Crippen LogP contribution in [0.1, 0.15) is 5.56 Å². The molecule has 0 unspecified atom stereocenters. The number of carbonyl (C=O) groups is 1. The number of hydrogen-bond donors (Lipinski definition) is 2. The first-order chi connectivity index (χ1) is 7.16. The molecule has 15 heavy (non-hydrogen) atoms. The van der Waals surface area contributed by atoms with Gasteiger partial charge in [-0.25, -0.2) is 9.78 Å². The molecule has 0 aliphatic heterocycles. The zero-order valence-electron chi connectivity index (χ0n) is 7.57. The molecule has 0 radical (unpaired) electrons. The summed E-state index contributed by atoms with van der Waals surface area (Å²) in [5.41, 5.74) is 2.50. The Hall–Kier alpha value is -1.37. The molecule has 0 fully saturated rings. The summed E-state index contributed by atoms with van der Waals surface area (Å²) in [4.78, 5) is 17.5. The number of aromatic amines is 1. The standard InChI is InChI=1S/C10H7IN2O2/c11-7-3-6(1-2-9(14)15)10-8(4-7)12-5-13-10/h1-5H,(H,12,13)(H,14,15)/b2-1+. The van der Waals surface area contributed by atoms with Gasteiger partial charge in [-0.2, -0.15) is 0 Å². The lowest BCUT2D eigenvalue weighted by molar-refractivity contribution is -0.131. The smallest absolute Gasteiger partial charge is 0.328 e. The van der Waals surface area contributed by atoms with Crippen LogP contribution in [0.25, 0.3) is 17.1 Å². The van der Waals surface area contributed by atoms with Crippen LogP contribution in [0.2, 0.25) is 0 Å². The van der Waals surface area contributed by atoms with Gasteiger partial charge in [-0.3, -0.25) is 0 Å². The van der Waals surface area contributed by atoms with Crippen molar-refractivity contribution >= 4 is 45.7 Å². The van der Waals surface area contributed by atoms with E-state index in [0.717, 1.165) is 26.2 Å². The van der Waals surface area contributed by atoms with Crippen LogP contribution in [0, 0.1) is 3.57 Å². The molecule has 1 aromatic heterocycles. The molecule has 1 aromatic carbocycles. The van der Waals surface area contributed by atoms with Crippen molar-refractivity contribution in [3.05, 3.63) is 33.7 Å². The van der Waals surface area contributed by atoms with Crippen LogP contribution in [-0.2, 0) is 4.79 Å². The second-order valence-corrected chi connectivity index (χ2v) is 4.21. The van der Waals surface area contributed by atoms with Crippen LogP contribution in [0.3, 0.4) is 0 Å². The van der Waals surface area contributed by atoms with Crippen molar-refractivity contribution in [3.63, 3.8) is 0 Å². The normalized spacial score (nSPS) is 11.3. The van der Waals surface area contributed by atoms with Crippen LogP contribution in [-0.4, -0.2) is 21.0 Å². The highest BCUT2D eigenvalue weighted by molar-refractivity contribution is 14.1. The topological polar surface area (TPSA) is 66.0 Å². The molecule has 1 heterocycles. The second kappa shape index (κ2) is 4.01. The minimum Gasteiger partial charge on any atom is -0.478 e. The van der Waals surface area contributed by atoms with Gasteiger partial charge in [0, 0.05) is 15.2 Å². The number of imidazole rings is 1. The maximum absolute atomic E-state index is 10.4. The molecule has 0 aliphatic rings. The van der Waals surface area contributed by atoms with E-state index in [0.29, 0.717) is 0 Å². The SMILES string of the molecule is O=C(O)/C=C/c1cc(I)cc2[nH]cnc12. The molecule has 2 aromatic rings. The summed E-state index contributed by atoms with van der Waals surface area (Å²) in [6.07, 6.45) is 4.26. The van der Waals surface area contributed by atoms with Crippen LogP contribution in [0.4, 0.5) is 0 Å². The van der Waals surface area contributed by atoms with E-state index >= 15 is 0 Å². The largest absolute Gasteiger partial charge is 0.478 e. The minimum absolute atomic E-state index is 0.785. The number of aliphatic carboxylic acids is 1. The average molecular weight is 314 g/mol. The summed E-state index contributed by atoms with van der Waals surface area (Å²) >= 11 is 2.18. The molecule has 4 nitrogen and oxygen atoms in total. The van der Waals surface area contributed by atoms with E-state index in [-0.39, 0.29) is 0 Å². The molecule has 0 atom stereocenters. The zero-order chi connectivity index (χ0) is 10.8. The molecule has 0 bridgehead atoms. The first kappa shape index (κ1) is 10.2. The van der Waals surface area contributed by atoms with E-state index in [2.05, 4.69) is 32.6 Å². The second-order valence-electron chi connectivity index (χ2n) is 2.97. The van der Waals surface area contributed by atoms with Crippen molar-refractivity contribution in [2.45, 2.75) is 0 Å². The third-order valence-corrected chi connectivity index (χ3v) is 2.55. The Morgan fingerprint density at radius 2 is 2.33 bits per heavy atom. The molecule has 0 saturated carbocycles. The van der Waals surface area contributed by atoms with Gasteiger partial charge in [-0.05, 0) is 40.8 Å². The Morgan fingerprint density at radius 1 is 1.53 bits per heavy atom. The quantitative estimate of drug-likeness (QED) is 0.660. The monoisotopic (exact) mass is 314 g/mol. The number of hydrogen-bond acceptors (Lipinski definition) is 2. The van der Waals surface area contributed by atoms with Crippen LogP contribution >= 0.6 is 22.6 Å². The van der Waals surface area contributed by atoms with E-state index < -0.39 is 5.97 Å². The molecule has 0 saturated heterocycles. The molecule has 0 spiro atoms. The third-order valence-electron chi connectivity index (χ3n) is 1.92. The number of nitrogens with zero attached hydrogens (tertiary/aromatic N) is 1. The van der Waals surface area contributed by atoms with Gasteiger partial charge in [0.2, 0.25) is 0 Å². The van der Waals surface area contributed by atoms with Crippen LogP contribution in [0.15, 0.2) is 24.5 Å². The van der Waals surface area contributed by atoms with E-state index in [4.69, 9.17) is 5.11 Å². The highest BCUT2D eigenvalue weighted by Crippen LogP contribution is 2.20. The lowest BCUT2D eigenvalue weighted by Gasteiger charge is -1.97. The number of aromatic nitrogens is 2. The number of benzene rings is 1. The fourth-order valence-electron chi connectivity index (χ4n) is 1.33. The molecule has 0 aliphatic carbocycles. The van der Waals surface area contributed by atoms with Gasteiger partial charge in [0.15, 0.2) is 0 Å². The van der Waals surface area contributed by atoms with Gasteiger partial charge >= 0.3 is 5.97 Å². The third kappa shape index (κ3) is 2.17. The molecule has 2 rings (SSSR count). The van der Waals surface area contributed by atoms with Crippen molar-refractivity contribution < 1.29 is 9.90 Å². The average Bonchev–Trinajstić information content (AvgIpc) is 2.61. The molecule has 0 amide bonds. The fourth-order valence-corrected chi connectivity index (χ4v) is 1.98. The number of rotatable bonds is 2. The highest BCUT2D eigenvalue weighted by atomic mass is 127. The van der Waals surface area contributed by atoms with Gasteiger partial charge in [-0.1, -0.05) is 0 Å². The van der Waals surface area contributed by atoms with E-state index in [1.165, 1.54) is 0 Å². The zero-order valence-corrected chi connectivity index (χ0v) is 9.72. The lowest BCUT2D eigenvalue weighted by Crippen LogP contribution is -1.87. The van der Waals surface area contributed by atoms with Gasteiger partial charge < -0.3 is 10.1 Å². The van der Waals surface area contributed by atoms with Crippen molar-refractivity contribution in [1.29, 1.82) is 0 Å². The summed E-state index contributed by atoms with van der Waals surface area (Å²) < 4.78 is 1.04. The number of fused-ring (bicyclic) bond motifs is 1. The summed E-state index contributed by atoms with van der Waals surface area (Å²) in [7, 11) is 0. The molecule has 5 heteroatoms. The van der Waals surface area contributed by atoms with Crippen LogP contribution in [0.5, 0.6) is 0 Å².